The highest BCUT2D eigenvalue weighted by atomic mass is 16.7. The zero-order chi connectivity index (χ0) is 12.4. The second kappa shape index (κ2) is 4.92. The van der Waals surface area contributed by atoms with Crippen LogP contribution >= 0.6 is 0 Å². The van der Waals surface area contributed by atoms with E-state index in [2.05, 4.69) is 0 Å². The van der Waals surface area contributed by atoms with Gasteiger partial charge in [0.05, 0.1) is 19.8 Å². The van der Waals surface area contributed by atoms with Crippen molar-refractivity contribution in [1.82, 2.24) is 0 Å². The number of rotatable bonds is 3. The fourth-order valence-corrected chi connectivity index (χ4v) is 2.41. The molecule has 2 fully saturated rings. The van der Waals surface area contributed by atoms with Crippen LogP contribution in [0.5, 0.6) is 0 Å². The van der Waals surface area contributed by atoms with Gasteiger partial charge in [0, 0.05) is 12.8 Å². The van der Waals surface area contributed by atoms with Crippen LogP contribution in [-0.4, -0.2) is 37.1 Å². The van der Waals surface area contributed by atoms with E-state index >= 15 is 0 Å². The minimum absolute atomic E-state index is 0.285. The zero-order valence-corrected chi connectivity index (χ0v) is 10.4. The van der Waals surface area contributed by atoms with Gasteiger partial charge in [0.2, 0.25) is 0 Å². The van der Waals surface area contributed by atoms with E-state index in [-0.39, 0.29) is 5.97 Å². The van der Waals surface area contributed by atoms with Gasteiger partial charge in [0.1, 0.15) is 5.54 Å². The summed E-state index contributed by atoms with van der Waals surface area (Å²) in [6, 6.07) is 0. The molecule has 5 heteroatoms. The Labute approximate surface area is 102 Å². The molecule has 1 heterocycles. The van der Waals surface area contributed by atoms with Crippen molar-refractivity contribution in [3.63, 3.8) is 0 Å². The summed E-state index contributed by atoms with van der Waals surface area (Å²) < 4.78 is 16.4. The van der Waals surface area contributed by atoms with E-state index in [0.29, 0.717) is 45.5 Å². The predicted molar refractivity (Wildman–Crippen MR) is 61.3 cm³/mol. The van der Waals surface area contributed by atoms with Gasteiger partial charge in [-0.25, -0.2) is 0 Å². The molecule has 0 radical (unpaired) electrons. The highest BCUT2D eigenvalue weighted by Gasteiger charge is 2.48. The average molecular weight is 243 g/mol. The Kier molecular flexibility index (Phi) is 3.70. The molecule has 0 aromatic rings. The van der Waals surface area contributed by atoms with Gasteiger partial charge < -0.3 is 19.9 Å². The van der Waals surface area contributed by atoms with Gasteiger partial charge in [0.15, 0.2) is 5.79 Å². The van der Waals surface area contributed by atoms with Crippen molar-refractivity contribution in [1.29, 1.82) is 0 Å². The van der Waals surface area contributed by atoms with Crippen molar-refractivity contribution in [3.8, 4) is 0 Å². The molecule has 0 amide bonds. The van der Waals surface area contributed by atoms with E-state index in [9.17, 15) is 4.79 Å². The normalized spacial score (nSPS) is 26.0. The van der Waals surface area contributed by atoms with E-state index in [0.717, 1.165) is 6.42 Å². The van der Waals surface area contributed by atoms with Gasteiger partial charge in [0.25, 0.3) is 0 Å². The molecule has 1 saturated heterocycles. The molecule has 0 aromatic heterocycles. The van der Waals surface area contributed by atoms with Crippen LogP contribution in [0.25, 0.3) is 0 Å². The lowest BCUT2D eigenvalue weighted by Gasteiger charge is -2.39. The summed E-state index contributed by atoms with van der Waals surface area (Å²) in [5.74, 6) is -0.763. The molecule has 0 aromatic carbocycles. The number of carbonyl (C=O) groups is 1. The first kappa shape index (κ1) is 12.8. The third-order valence-corrected chi connectivity index (χ3v) is 3.56. The van der Waals surface area contributed by atoms with Crippen LogP contribution in [0.2, 0.25) is 0 Å². The van der Waals surface area contributed by atoms with E-state index in [1.54, 1.807) is 0 Å². The van der Waals surface area contributed by atoms with Crippen LogP contribution in [0, 0.1) is 0 Å². The molecule has 1 aliphatic carbocycles. The number of ether oxygens (including phenoxy) is 3. The van der Waals surface area contributed by atoms with Gasteiger partial charge in [-0.1, -0.05) is 6.92 Å². The summed E-state index contributed by atoms with van der Waals surface area (Å²) >= 11 is 0. The van der Waals surface area contributed by atoms with Crippen molar-refractivity contribution >= 4 is 5.97 Å². The van der Waals surface area contributed by atoms with E-state index in [4.69, 9.17) is 19.9 Å². The Morgan fingerprint density at radius 1 is 1.24 bits per heavy atom. The van der Waals surface area contributed by atoms with Gasteiger partial charge >= 0.3 is 5.97 Å². The van der Waals surface area contributed by atoms with E-state index in [1.165, 1.54) is 0 Å². The first-order valence-corrected chi connectivity index (χ1v) is 6.34. The lowest BCUT2D eigenvalue weighted by atomic mass is 9.79. The molecule has 2 rings (SSSR count). The smallest absolute Gasteiger partial charge is 0.326 e. The molecule has 1 spiro atoms. The van der Waals surface area contributed by atoms with Crippen molar-refractivity contribution in [2.24, 2.45) is 5.73 Å². The predicted octanol–water partition coefficient (Wildman–Crippen LogP) is 0.954. The molecule has 2 aliphatic rings. The summed E-state index contributed by atoms with van der Waals surface area (Å²) in [6.07, 6.45) is 3.29. The second-order valence-corrected chi connectivity index (χ2v) is 4.90. The molecule has 17 heavy (non-hydrogen) atoms. The first-order chi connectivity index (χ1) is 8.10. The number of hydrogen-bond acceptors (Lipinski definition) is 5. The molecular formula is C12H21NO4. The van der Waals surface area contributed by atoms with Crippen LogP contribution in [0.4, 0.5) is 0 Å². The minimum Gasteiger partial charge on any atom is -0.464 e. The standard InChI is InChI=1S/C12H21NO4/c1-2-7-15-10(14)11(13)3-5-12(6-4-11)16-8-9-17-12/h2-9,13H2,1H3. The van der Waals surface area contributed by atoms with Crippen LogP contribution < -0.4 is 5.73 Å². The molecular weight excluding hydrogens is 222 g/mol. The minimum atomic E-state index is -0.851. The molecule has 98 valence electrons. The maximum Gasteiger partial charge on any atom is 0.326 e. The number of nitrogens with two attached hydrogens (primary N) is 1. The Morgan fingerprint density at radius 2 is 1.82 bits per heavy atom. The molecule has 2 N–H and O–H groups in total. The topological polar surface area (TPSA) is 70.8 Å². The number of carbonyl (C=O) groups excluding carboxylic acids is 1. The second-order valence-electron chi connectivity index (χ2n) is 4.90. The van der Waals surface area contributed by atoms with Crippen LogP contribution in [0.3, 0.4) is 0 Å². The lowest BCUT2D eigenvalue weighted by molar-refractivity contribution is -0.190. The molecule has 1 saturated carbocycles. The van der Waals surface area contributed by atoms with Gasteiger partial charge in [-0.2, -0.15) is 0 Å². The fraction of sp³-hybridized carbons (Fsp3) is 0.917. The van der Waals surface area contributed by atoms with Crippen molar-refractivity contribution in [2.45, 2.75) is 50.4 Å². The summed E-state index contributed by atoms with van der Waals surface area (Å²) in [5.41, 5.74) is 5.26. The molecule has 0 bridgehead atoms. The Balaban J connectivity index is 1.89. The third-order valence-electron chi connectivity index (χ3n) is 3.56. The number of esters is 1. The zero-order valence-electron chi connectivity index (χ0n) is 10.4. The van der Waals surface area contributed by atoms with Crippen molar-refractivity contribution in [3.05, 3.63) is 0 Å². The quantitative estimate of drug-likeness (QED) is 0.747. The lowest BCUT2D eigenvalue weighted by Crippen LogP contribution is -2.55. The number of hydrogen-bond donors (Lipinski definition) is 1. The Hall–Kier alpha value is -0.650. The third kappa shape index (κ3) is 2.61. The van der Waals surface area contributed by atoms with Crippen LogP contribution in [0.15, 0.2) is 0 Å². The van der Waals surface area contributed by atoms with Crippen molar-refractivity contribution < 1.29 is 19.0 Å². The van der Waals surface area contributed by atoms with E-state index < -0.39 is 11.3 Å². The van der Waals surface area contributed by atoms with Crippen LogP contribution in [0.1, 0.15) is 39.0 Å². The van der Waals surface area contributed by atoms with Gasteiger partial charge in [-0.05, 0) is 19.3 Å². The average Bonchev–Trinajstić information content (AvgIpc) is 2.79. The summed E-state index contributed by atoms with van der Waals surface area (Å²) in [6.45, 7) is 3.68. The SMILES string of the molecule is CCCOC(=O)C1(N)CCC2(CC1)OCCO2. The Bertz CT molecular complexity index is 276. The Morgan fingerprint density at radius 3 is 2.35 bits per heavy atom. The highest BCUT2D eigenvalue weighted by molar-refractivity contribution is 5.80. The van der Waals surface area contributed by atoms with Crippen LogP contribution in [-0.2, 0) is 19.0 Å². The maximum atomic E-state index is 11.9. The molecule has 0 atom stereocenters. The van der Waals surface area contributed by atoms with Crippen molar-refractivity contribution in [2.75, 3.05) is 19.8 Å². The monoisotopic (exact) mass is 243 g/mol. The largest absolute Gasteiger partial charge is 0.464 e. The molecule has 0 unspecified atom stereocenters. The first-order valence-electron chi connectivity index (χ1n) is 6.34. The van der Waals surface area contributed by atoms with E-state index in [1.807, 2.05) is 6.92 Å². The maximum absolute atomic E-state index is 11.9. The van der Waals surface area contributed by atoms with Gasteiger partial charge in [-0.15, -0.1) is 0 Å². The fourth-order valence-electron chi connectivity index (χ4n) is 2.41. The summed E-state index contributed by atoms with van der Waals surface area (Å²) in [7, 11) is 0. The molecule has 1 aliphatic heterocycles. The summed E-state index contributed by atoms with van der Waals surface area (Å²) in [4.78, 5) is 11.9. The molecule has 5 nitrogen and oxygen atoms in total. The summed E-state index contributed by atoms with van der Waals surface area (Å²) in [5, 5.41) is 0. The van der Waals surface area contributed by atoms with Gasteiger partial charge in [-0.3, -0.25) is 4.79 Å². The highest BCUT2D eigenvalue weighted by Crippen LogP contribution is 2.39.